The van der Waals surface area contributed by atoms with Gasteiger partial charge in [-0.05, 0) is 60.7 Å². The summed E-state index contributed by atoms with van der Waals surface area (Å²) in [6.07, 6.45) is 5.52. The minimum atomic E-state index is -0.0550. The third-order valence-corrected chi connectivity index (χ3v) is 6.17. The van der Waals surface area contributed by atoms with Crippen LogP contribution in [-0.4, -0.2) is 24.4 Å². The molecule has 1 aliphatic carbocycles. The Labute approximate surface area is 150 Å². The zero-order valence-corrected chi connectivity index (χ0v) is 15.4. The van der Waals surface area contributed by atoms with Gasteiger partial charge in [0.15, 0.2) is 0 Å². The number of fused-ring (bicyclic) bond motifs is 1. The predicted molar refractivity (Wildman–Crippen MR) is 99.6 cm³/mol. The summed E-state index contributed by atoms with van der Waals surface area (Å²) < 4.78 is 0. The number of likely N-dealkylation sites (N-methyl/N-ethyl adjacent to an activating group) is 1. The van der Waals surface area contributed by atoms with E-state index in [0.29, 0.717) is 12.1 Å². The van der Waals surface area contributed by atoms with Crippen molar-refractivity contribution < 1.29 is 4.79 Å². The van der Waals surface area contributed by atoms with Crippen molar-refractivity contribution in [3.8, 4) is 6.07 Å². The van der Waals surface area contributed by atoms with Gasteiger partial charge in [-0.25, -0.2) is 0 Å². The summed E-state index contributed by atoms with van der Waals surface area (Å²) in [5.41, 5.74) is 3.07. The topological polar surface area (TPSA) is 56.1 Å². The number of nitrogens with one attached hydrogen (secondary N) is 1. The molecule has 0 aromatic carbocycles. The second-order valence-corrected chi connectivity index (χ2v) is 8.12. The van der Waals surface area contributed by atoms with E-state index in [0.717, 1.165) is 30.8 Å². The minimum absolute atomic E-state index is 0.0550. The van der Waals surface area contributed by atoms with Crippen LogP contribution < -0.4 is 5.32 Å². The van der Waals surface area contributed by atoms with Crippen LogP contribution in [0.1, 0.15) is 40.8 Å². The molecular formula is C18H21N3OS2. The fraction of sp³-hybridized carbons (Fsp3) is 0.444. The Bertz CT molecular complexity index is 743. The van der Waals surface area contributed by atoms with Crippen molar-refractivity contribution in [2.45, 2.75) is 38.6 Å². The summed E-state index contributed by atoms with van der Waals surface area (Å²) in [6.45, 7) is 1.08. The number of anilines is 1. The van der Waals surface area contributed by atoms with Gasteiger partial charge in [-0.3, -0.25) is 9.69 Å². The Kier molecular flexibility index (Phi) is 5.67. The van der Waals surface area contributed by atoms with Gasteiger partial charge >= 0.3 is 0 Å². The quantitative estimate of drug-likeness (QED) is 0.820. The molecule has 0 saturated carbocycles. The Balaban J connectivity index is 1.65. The molecule has 6 heteroatoms. The molecule has 3 rings (SSSR count). The molecule has 1 amide bonds. The zero-order chi connectivity index (χ0) is 16.9. The van der Waals surface area contributed by atoms with E-state index in [2.05, 4.69) is 22.8 Å². The van der Waals surface area contributed by atoms with E-state index in [-0.39, 0.29) is 5.91 Å². The number of aryl methyl sites for hydroxylation is 1. The van der Waals surface area contributed by atoms with Crippen LogP contribution in [0.15, 0.2) is 16.8 Å². The first-order chi connectivity index (χ1) is 11.7. The Morgan fingerprint density at radius 3 is 2.96 bits per heavy atom. The standard InChI is InChI=1S/C18H21N3OS2/c1-21(10-13-7-8-23-12-13)11-17(22)20-18-15(9-19)14-5-3-2-4-6-16(14)24-18/h7-8,12H,2-6,10-11H2,1H3,(H,20,22). The molecule has 2 aromatic heterocycles. The second kappa shape index (κ2) is 7.93. The fourth-order valence-corrected chi connectivity index (χ4v) is 5.03. The maximum atomic E-state index is 12.3. The van der Waals surface area contributed by atoms with Crippen molar-refractivity contribution in [2.75, 3.05) is 18.9 Å². The highest BCUT2D eigenvalue weighted by atomic mass is 32.1. The first-order valence-corrected chi connectivity index (χ1v) is 9.97. The monoisotopic (exact) mass is 359 g/mol. The van der Waals surface area contributed by atoms with Gasteiger partial charge < -0.3 is 5.32 Å². The Morgan fingerprint density at radius 2 is 2.21 bits per heavy atom. The molecule has 2 aromatic rings. The molecule has 0 radical (unpaired) electrons. The lowest BCUT2D eigenvalue weighted by Gasteiger charge is -2.15. The molecule has 1 N–H and O–H groups in total. The molecule has 4 nitrogen and oxygen atoms in total. The van der Waals surface area contributed by atoms with Crippen molar-refractivity contribution in [2.24, 2.45) is 0 Å². The van der Waals surface area contributed by atoms with Crippen LogP contribution >= 0.6 is 22.7 Å². The molecule has 0 fully saturated rings. The summed E-state index contributed by atoms with van der Waals surface area (Å²) in [5.74, 6) is -0.0550. The number of hydrogen-bond acceptors (Lipinski definition) is 5. The van der Waals surface area contributed by atoms with Crippen molar-refractivity contribution >= 4 is 33.6 Å². The summed E-state index contributed by atoms with van der Waals surface area (Å²) in [4.78, 5) is 15.6. The first-order valence-electron chi connectivity index (χ1n) is 8.21. The average Bonchev–Trinajstić information content (AvgIpc) is 3.09. The smallest absolute Gasteiger partial charge is 0.239 e. The summed E-state index contributed by atoms with van der Waals surface area (Å²) >= 11 is 3.25. The van der Waals surface area contributed by atoms with E-state index in [1.165, 1.54) is 28.8 Å². The molecule has 0 bridgehead atoms. The summed E-state index contributed by atoms with van der Waals surface area (Å²) in [6, 6.07) is 4.38. The van der Waals surface area contributed by atoms with Crippen LogP contribution in [-0.2, 0) is 24.2 Å². The number of carbonyl (C=O) groups excluding carboxylic acids is 1. The molecule has 0 saturated heterocycles. The Hall–Kier alpha value is -1.68. The lowest BCUT2D eigenvalue weighted by molar-refractivity contribution is -0.117. The van der Waals surface area contributed by atoms with Gasteiger partial charge in [0.1, 0.15) is 11.1 Å². The van der Waals surface area contributed by atoms with Crippen LogP contribution in [0.4, 0.5) is 5.00 Å². The number of carbonyl (C=O) groups is 1. The SMILES string of the molecule is CN(CC(=O)Nc1sc2c(c1C#N)CCCCC2)Cc1ccsc1. The van der Waals surface area contributed by atoms with Gasteiger partial charge in [0, 0.05) is 11.4 Å². The lowest BCUT2D eigenvalue weighted by Crippen LogP contribution is -2.29. The lowest BCUT2D eigenvalue weighted by atomic mass is 10.1. The molecule has 24 heavy (non-hydrogen) atoms. The first kappa shape index (κ1) is 17.2. The van der Waals surface area contributed by atoms with E-state index in [9.17, 15) is 10.1 Å². The fourth-order valence-electron chi connectivity index (χ4n) is 3.11. The van der Waals surface area contributed by atoms with Gasteiger partial charge in [0.25, 0.3) is 0 Å². The molecule has 1 aliphatic rings. The summed E-state index contributed by atoms with van der Waals surface area (Å²) in [7, 11) is 1.94. The number of nitriles is 1. The van der Waals surface area contributed by atoms with Gasteiger partial charge in [-0.2, -0.15) is 16.6 Å². The average molecular weight is 360 g/mol. The zero-order valence-electron chi connectivity index (χ0n) is 13.8. The van der Waals surface area contributed by atoms with E-state index in [4.69, 9.17) is 0 Å². The van der Waals surface area contributed by atoms with Crippen LogP contribution in [0, 0.1) is 11.3 Å². The van der Waals surface area contributed by atoms with E-state index in [1.807, 2.05) is 17.3 Å². The maximum absolute atomic E-state index is 12.3. The highest BCUT2D eigenvalue weighted by molar-refractivity contribution is 7.16. The van der Waals surface area contributed by atoms with Crippen molar-refractivity contribution in [3.05, 3.63) is 38.4 Å². The highest BCUT2D eigenvalue weighted by Crippen LogP contribution is 2.36. The number of rotatable bonds is 5. The Morgan fingerprint density at radius 1 is 1.38 bits per heavy atom. The number of thiophene rings is 2. The molecular weight excluding hydrogens is 338 g/mol. The van der Waals surface area contributed by atoms with E-state index < -0.39 is 0 Å². The van der Waals surface area contributed by atoms with Gasteiger partial charge in [-0.1, -0.05) is 6.42 Å². The summed E-state index contributed by atoms with van der Waals surface area (Å²) in [5, 5.41) is 17.4. The molecule has 0 aliphatic heterocycles. The highest BCUT2D eigenvalue weighted by Gasteiger charge is 2.21. The van der Waals surface area contributed by atoms with E-state index in [1.54, 1.807) is 22.7 Å². The van der Waals surface area contributed by atoms with Crippen LogP contribution in [0.5, 0.6) is 0 Å². The third kappa shape index (κ3) is 4.04. The largest absolute Gasteiger partial charge is 0.315 e. The normalized spacial score (nSPS) is 14.0. The number of nitrogens with zero attached hydrogens (tertiary/aromatic N) is 2. The van der Waals surface area contributed by atoms with Crippen LogP contribution in [0.2, 0.25) is 0 Å². The molecule has 0 unspecified atom stereocenters. The van der Waals surface area contributed by atoms with Crippen LogP contribution in [0.3, 0.4) is 0 Å². The molecule has 0 spiro atoms. The van der Waals surface area contributed by atoms with E-state index >= 15 is 0 Å². The maximum Gasteiger partial charge on any atom is 0.239 e. The van der Waals surface area contributed by atoms with Gasteiger partial charge in [-0.15, -0.1) is 11.3 Å². The van der Waals surface area contributed by atoms with Gasteiger partial charge in [0.2, 0.25) is 5.91 Å². The third-order valence-electron chi connectivity index (χ3n) is 4.23. The number of hydrogen-bond donors (Lipinski definition) is 1. The van der Waals surface area contributed by atoms with Crippen molar-refractivity contribution in [3.63, 3.8) is 0 Å². The second-order valence-electron chi connectivity index (χ2n) is 6.23. The van der Waals surface area contributed by atoms with Crippen molar-refractivity contribution in [1.29, 1.82) is 5.26 Å². The minimum Gasteiger partial charge on any atom is -0.315 e. The predicted octanol–water partition coefficient (Wildman–Crippen LogP) is 4.02. The molecule has 0 atom stereocenters. The molecule has 2 heterocycles. The van der Waals surface area contributed by atoms with Crippen LogP contribution in [0.25, 0.3) is 0 Å². The molecule has 126 valence electrons. The number of amides is 1. The van der Waals surface area contributed by atoms with Crippen molar-refractivity contribution in [1.82, 2.24) is 4.90 Å². The van der Waals surface area contributed by atoms with Gasteiger partial charge in [0.05, 0.1) is 12.1 Å².